The first-order valence-electron chi connectivity index (χ1n) is 6.32. The van der Waals surface area contributed by atoms with Gasteiger partial charge in [-0.15, -0.1) is 6.58 Å². The Morgan fingerprint density at radius 2 is 2.20 bits per heavy atom. The summed E-state index contributed by atoms with van der Waals surface area (Å²) >= 11 is 0. The third-order valence-electron chi connectivity index (χ3n) is 2.73. The maximum atomic E-state index is 11.5. The van der Waals surface area contributed by atoms with E-state index in [4.69, 9.17) is 14.2 Å². The van der Waals surface area contributed by atoms with Crippen LogP contribution in [-0.4, -0.2) is 32.9 Å². The average Bonchev–Trinajstić information content (AvgIpc) is 2.90. The molecular weight excluding hydrogens is 260 g/mol. The third kappa shape index (κ3) is 3.42. The molecule has 6 nitrogen and oxygen atoms in total. The number of carbonyl (C=O) groups excluding carboxylic acids is 1. The molecule has 1 aliphatic heterocycles. The van der Waals surface area contributed by atoms with Gasteiger partial charge in [0.25, 0.3) is 5.91 Å². The molecule has 0 atom stereocenters. The first kappa shape index (κ1) is 14.2. The molecule has 1 heterocycles. The molecule has 6 heteroatoms. The summed E-state index contributed by atoms with van der Waals surface area (Å²) in [5.41, 5.74) is 0.910. The lowest BCUT2D eigenvalue weighted by molar-refractivity contribution is -0.122. The van der Waals surface area contributed by atoms with Crippen molar-refractivity contribution in [3.8, 4) is 17.2 Å². The van der Waals surface area contributed by atoms with E-state index in [1.807, 2.05) is 13.1 Å². The van der Waals surface area contributed by atoms with Gasteiger partial charge in [0.2, 0.25) is 6.79 Å². The highest BCUT2D eigenvalue weighted by atomic mass is 16.7. The quantitative estimate of drug-likeness (QED) is 0.723. The lowest BCUT2D eigenvalue weighted by Crippen LogP contribution is -2.29. The van der Waals surface area contributed by atoms with Crippen LogP contribution in [-0.2, 0) is 11.3 Å². The molecule has 1 aromatic carbocycles. The summed E-state index contributed by atoms with van der Waals surface area (Å²) in [6.07, 6.45) is 1.62. The topological polar surface area (TPSA) is 68.8 Å². The first-order valence-corrected chi connectivity index (χ1v) is 6.32. The molecule has 1 amide bonds. The van der Waals surface area contributed by atoms with Crippen LogP contribution >= 0.6 is 0 Å². The van der Waals surface area contributed by atoms with Gasteiger partial charge in [0.05, 0.1) is 0 Å². The van der Waals surface area contributed by atoms with Crippen LogP contribution in [0.2, 0.25) is 0 Å². The van der Waals surface area contributed by atoms with E-state index in [9.17, 15) is 4.79 Å². The van der Waals surface area contributed by atoms with E-state index in [0.29, 0.717) is 30.3 Å². The number of hydrogen-bond acceptors (Lipinski definition) is 5. The van der Waals surface area contributed by atoms with Crippen LogP contribution in [0.1, 0.15) is 5.56 Å². The van der Waals surface area contributed by atoms with Gasteiger partial charge in [-0.3, -0.25) is 4.79 Å². The Kier molecular flexibility index (Phi) is 4.84. The second-order valence-corrected chi connectivity index (χ2v) is 4.22. The fourth-order valence-electron chi connectivity index (χ4n) is 1.81. The van der Waals surface area contributed by atoms with Crippen LogP contribution in [0.5, 0.6) is 17.2 Å². The van der Waals surface area contributed by atoms with Crippen molar-refractivity contribution < 1.29 is 19.0 Å². The number of rotatable bonds is 7. The Morgan fingerprint density at radius 3 is 2.90 bits per heavy atom. The lowest BCUT2D eigenvalue weighted by Gasteiger charge is -2.12. The minimum absolute atomic E-state index is 0.0514. The third-order valence-corrected chi connectivity index (χ3v) is 2.73. The molecule has 0 fully saturated rings. The molecule has 0 saturated carbocycles. The number of carbonyl (C=O) groups is 1. The smallest absolute Gasteiger partial charge is 0.258 e. The Balaban J connectivity index is 2.05. The fraction of sp³-hybridized carbons (Fsp3) is 0.357. The van der Waals surface area contributed by atoms with Gasteiger partial charge in [0.15, 0.2) is 18.1 Å². The van der Waals surface area contributed by atoms with Crippen LogP contribution in [0.4, 0.5) is 0 Å². The molecule has 0 saturated heterocycles. The number of fused-ring (bicyclic) bond motifs is 1. The minimum Gasteiger partial charge on any atom is -0.483 e. The monoisotopic (exact) mass is 278 g/mol. The van der Waals surface area contributed by atoms with E-state index in [0.717, 1.165) is 5.56 Å². The summed E-state index contributed by atoms with van der Waals surface area (Å²) in [7, 11) is 1.84. The summed E-state index contributed by atoms with van der Waals surface area (Å²) in [4.78, 5) is 11.5. The van der Waals surface area contributed by atoms with Gasteiger partial charge in [0, 0.05) is 24.7 Å². The fourth-order valence-corrected chi connectivity index (χ4v) is 1.81. The molecule has 0 unspecified atom stereocenters. The first-order chi connectivity index (χ1) is 9.74. The van der Waals surface area contributed by atoms with Crippen LogP contribution in [0, 0.1) is 0 Å². The molecule has 20 heavy (non-hydrogen) atoms. The van der Waals surface area contributed by atoms with Gasteiger partial charge in [-0.05, 0) is 13.1 Å². The normalized spacial score (nSPS) is 12.1. The van der Waals surface area contributed by atoms with E-state index >= 15 is 0 Å². The highest BCUT2D eigenvalue weighted by Gasteiger charge is 2.18. The van der Waals surface area contributed by atoms with Gasteiger partial charge in [-0.2, -0.15) is 0 Å². The summed E-state index contributed by atoms with van der Waals surface area (Å²) < 4.78 is 16.2. The van der Waals surface area contributed by atoms with Crippen LogP contribution in [0.3, 0.4) is 0 Å². The molecule has 0 aliphatic carbocycles. The van der Waals surface area contributed by atoms with E-state index in [1.54, 1.807) is 12.1 Å². The Hall–Kier alpha value is -2.21. The van der Waals surface area contributed by atoms with Gasteiger partial charge in [0.1, 0.15) is 5.75 Å². The molecule has 0 radical (unpaired) electrons. The number of nitrogens with one attached hydrogen (secondary N) is 2. The second kappa shape index (κ2) is 6.81. The number of hydrogen-bond donors (Lipinski definition) is 2. The molecule has 0 bridgehead atoms. The van der Waals surface area contributed by atoms with Gasteiger partial charge in [-0.25, -0.2) is 0 Å². The lowest BCUT2D eigenvalue weighted by atomic mass is 10.1. The predicted molar refractivity (Wildman–Crippen MR) is 74.0 cm³/mol. The second-order valence-electron chi connectivity index (χ2n) is 4.22. The largest absolute Gasteiger partial charge is 0.483 e. The molecule has 1 aliphatic rings. The van der Waals surface area contributed by atoms with Gasteiger partial charge >= 0.3 is 0 Å². The molecular formula is C14H18N2O4. The number of ether oxygens (including phenoxy) is 3. The molecule has 0 aromatic heterocycles. The molecule has 108 valence electrons. The highest BCUT2D eigenvalue weighted by Crippen LogP contribution is 2.38. The van der Waals surface area contributed by atoms with Gasteiger partial charge < -0.3 is 24.8 Å². The zero-order valence-electron chi connectivity index (χ0n) is 11.4. The van der Waals surface area contributed by atoms with Gasteiger partial charge in [-0.1, -0.05) is 6.08 Å². The Morgan fingerprint density at radius 1 is 1.45 bits per heavy atom. The van der Waals surface area contributed by atoms with Crippen molar-refractivity contribution in [2.24, 2.45) is 0 Å². The average molecular weight is 278 g/mol. The van der Waals surface area contributed by atoms with Crippen LogP contribution < -0.4 is 24.8 Å². The summed E-state index contributed by atoms with van der Waals surface area (Å²) in [5, 5.41) is 5.70. The zero-order chi connectivity index (χ0) is 14.4. The standard InChI is InChI=1S/C14H18N2O4/c1-3-4-16-14(17)8-18-11-6-13-12(19-9-20-13)5-10(11)7-15-2/h3,5-6,15H,1,4,7-9H2,2H3,(H,16,17). The Bertz CT molecular complexity index is 502. The maximum absolute atomic E-state index is 11.5. The molecule has 2 rings (SSSR count). The van der Waals surface area contributed by atoms with Crippen molar-refractivity contribution in [1.82, 2.24) is 10.6 Å². The van der Waals surface area contributed by atoms with E-state index < -0.39 is 0 Å². The van der Waals surface area contributed by atoms with Crippen molar-refractivity contribution in [2.75, 3.05) is 27.0 Å². The summed E-state index contributed by atoms with van der Waals surface area (Å²) in [6, 6.07) is 3.60. The van der Waals surface area contributed by atoms with E-state index in [1.165, 1.54) is 0 Å². The van der Waals surface area contributed by atoms with E-state index in [2.05, 4.69) is 17.2 Å². The van der Waals surface area contributed by atoms with Crippen molar-refractivity contribution in [2.45, 2.75) is 6.54 Å². The molecule has 0 spiro atoms. The highest BCUT2D eigenvalue weighted by molar-refractivity contribution is 5.77. The SMILES string of the molecule is C=CCNC(=O)COc1cc2c(cc1CNC)OCO2. The van der Waals surface area contributed by atoms with Crippen LogP contribution in [0.15, 0.2) is 24.8 Å². The van der Waals surface area contributed by atoms with Crippen molar-refractivity contribution in [1.29, 1.82) is 0 Å². The number of amides is 1. The van der Waals surface area contributed by atoms with E-state index in [-0.39, 0.29) is 19.3 Å². The zero-order valence-corrected chi connectivity index (χ0v) is 11.4. The maximum Gasteiger partial charge on any atom is 0.258 e. The van der Waals surface area contributed by atoms with Crippen molar-refractivity contribution >= 4 is 5.91 Å². The Labute approximate surface area is 117 Å². The predicted octanol–water partition coefficient (Wildman–Crippen LogP) is 0.816. The summed E-state index contributed by atoms with van der Waals surface area (Å²) in [5.74, 6) is 1.74. The number of benzene rings is 1. The van der Waals surface area contributed by atoms with Crippen molar-refractivity contribution in [3.05, 3.63) is 30.4 Å². The minimum atomic E-state index is -0.196. The summed E-state index contributed by atoms with van der Waals surface area (Å²) in [6.45, 7) is 4.72. The molecule has 2 N–H and O–H groups in total. The van der Waals surface area contributed by atoms with Crippen LogP contribution in [0.25, 0.3) is 0 Å². The van der Waals surface area contributed by atoms with Crippen molar-refractivity contribution in [3.63, 3.8) is 0 Å². The molecule has 1 aromatic rings.